The third-order valence-corrected chi connectivity index (χ3v) is 5.62. The van der Waals surface area contributed by atoms with Crippen molar-refractivity contribution in [2.45, 2.75) is 0 Å². The first kappa shape index (κ1) is 21.2. The van der Waals surface area contributed by atoms with E-state index >= 15 is 0 Å². The van der Waals surface area contributed by atoms with Gasteiger partial charge in [0.25, 0.3) is 0 Å². The van der Waals surface area contributed by atoms with Crippen molar-refractivity contribution in [1.82, 2.24) is 25.1 Å². The third kappa shape index (κ3) is 5.77. The van der Waals surface area contributed by atoms with Gasteiger partial charge in [-0.15, -0.1) is 0 Å². The monoisotopic (exact) mass is 441 g/mol. The van der Waals surface area contributed by atoms with Gasteiger partial charge in [0.2, 0.25) is 0 Å². The van der Waals surface area contributed by atoms with E-state index in [4.69, 9.17) is 9.47 Å². The van der Waals surface area contributed by atoms with Crippen molar-refractivity contribution < 1.29 is 9.47 Å². The van der Waals surface area contributed by atoms with Gasteiger partial charge >= 0.3 is 0 Å². The lowest BCUT2D eigenvalue weighted by Crippen LogP contribution is -2.38. The van der Waals surface area contributed by atoms with Crippen LogP contribution in [0.1, 0.15) is 22.5 Å². The number of hydrogen-bond acceptors (Lipinski definition) is 5. The Morgan fingerprint density at radius 3 is 2.64 bits per heavy atom. The molecule has 1 fully saturated rings. The molecule has 5 rings (SSSR count). The summed E-state index contributed by atoms with van der Waals surface area (Å²) in [7, 11) is 0. The van der Waals surface area contributed by atoms with Gasteiger partial charge in [-0.3, -0.25) is 10.00 Å². The smallest absolute Gasteiger partial charge is 0.119 e. The summed E-state index contributed by atoms with van der Waals surface area (Å²) >= 11 is 0. The molecule has 0 aliphatic carbocycles. The number of morpholine rings is 1. The lowest BCUT2D eigenvalue weighted by atomic mass is 10.1. The maximum Gasteiger partial charge on any atom is 0.119 e. The van der Waals surface area contributed by atoms with Crippen molar-refractivity contribution in [3.8, 4) is 5.75 Å². The van der Waals surface area contributed by atoms with Crippen molar-refractivity contribution in [3.05, 3.63) is 77.4 Å². The molecule has 2 aromatic heterocycles. The maximum atomic E-state index is 5.88. The molecule has 0 amide bonds. The van der Waals surface area contributed by atoms with Crippen LogP contribution in [0.3, 0.4) is 0 Å². The van der Waals surface area contributed by atoms with Gasteiger partial charge in [-0.1, -0.05) is 30.4 Å². The van der Waals surface area contributed by atoms with Crippen molar-refractivity contribution in [2.75, 3.05) is 39.5 Å². The molecule has 1 saturated heterocycles. The molecule has 7 heteroatoms. The van der Waals surface area contributed by atoms with Gasteiger partial charge in [0.05, 0.1) is 42.0 Å². The van der Waals surface area contributed by atoms with Crippen LogP contribution < -0.4 is 4.74 Å². The standard InChI is InChI=1S/C26H27N5O2/c1(20-3-8-24(9-4-20)33-16-13-31-11-14-32-15-12-31)6-22-18-23(30-29-22)7-2-21-5-10-25-26(17-21)28-19-27-25/h1-10,17-19H,11-16H2,(H,27,28)(H,29,30)/b6-1+,7-2+. The molecular weight excluding hydrogens is 414 g/mol. The van der Waals surface area contributed by atoms with Crippen LogP contribution in [0.4, 0.5) is 0 Å². The largest absolute Gasteiger partial charge is 0.492 e. The van der Waals surface area contributed by atoms with Crippen molar-refractivity contribution in [2.24, 2.45) is 0 Å². The fourth-order valence-electron chi connectivity index (χ4n) is 3.74. The molecule has 0 spiro atoms. The molecule has 0 bridgehead atoms. The summed E-state index contributed by atoms with van der Waals surface area (Å²) in [5, 5.41) is 7.43. The molecule has 33 heavy (non-hydrogen) atoms. The lowest BCUT2D eigenvalue weighted by Gasteiger charge is -2.26. The zero-order valence-corrected chi connectivity index (χ0v) is 18.4. The number of aromatic amines is 2. The molecule has 3 heterocycles. The molecule has 0 saturated carbocycles. The van der Waals surface area contributed by atoms with Crippen molar-refractivity contribution in [1.29, 1.82) is 0 Å². The molecule has 0 atom stereocenters. The normalized spacial score (nSPS) is 15.2. The Labute approximate surface area is 192 Å². The number of aromatic nitrogens is 4. The van der Waals surface area contributed by atoms with Crippen molar-refractivity contribution in [3.63, 3.8) is 0 Å². The van der Waals surface area contributed by atoms with Gasteiger partial charge in [-0.25, -0.2) is 4.98 Å². The van der Waals surface area contributed by atoms with Crippen LogP contribution in [-0.2, 0) is 4.74 Å². The minimum Gasteiger partial charge on any atom is -0.492 e. The first-order valence-electron chi connectivity index (χ1n) is 11.2. The van der Waals surface area contributed by atoms with E-state index in [1.54, 1.807) is 6.33 Å². The summed E-state index contributed by atoms with van der Waals surface area (Å²) in [4.78, 5) is 9.75. The van der Waals surface area contributed by atoms with Gasteiger partial charge in [0.1, 0.15) is 12.4 Å². The molecule has 2 N–H and O–H groups in total. The number of H-pyrrole nitrogens is 2. The first-order valence-corrected chi connectivity index (χ1v) is 11.2. The number of rotatable bonds is 8. The Balaban J connectivity index is 1.13. The molecule has 4 aromatic rings. The van der Waals surface area contributed by atoms with Crippen LogP contribution in [0.25, 0.3) is 35.3 Å². The zero-order chi connectivity index (χ0) is 22.3. The molecule has 0 unspecified atom stereocenters. The topological polar surface area (TPSA) is 79.1 Å². The predicted molar refractivity (Wildman–Crippen MR) is 132 cm³/mol. The van der Waals surface area contributed by atoms with Gasteiger partial charge < -0.3 is 14.5 Å². The highest BCUT2D eigenvalue weighted by atomic mass is 16.5. The SMILES string of the molecule is C(=C\c1cc(/C=C/c2ccc3nc[nH]c3c2)[nH]n1)/c1ccc(OCCN2CCOCC2)cc1. The van der Waals surface area contributed by atoms with E-state index in [-0.39, 0.29) is 0 Å². The summed E-state index contributed by atoms with van der Waals surface area (Å²) < 4.78 is 11.2. The van der Waals surface area contributed by atoms with Crippen LogP contribution in [-0.4, -0.2) is 64.5 Å². The van der Waals surface area contributed by atoms with Crippen LogP contribution >= 0.6 is 0 Å². The summed E-state index contributed by atoms with van der Waals surface area (Å²) in [6, 6.07) is 16.3. The second-order valence-corrected chi connectivity index (χ2v) is 7.97. The number of nitrogens with one attached hydrogen (secondary N) is 2. The molecule has 1 aliphatic rings. The van der Waals surface area contributed by atoms with Crippen LogP contribution in [0.5, 0.6) is 5.75 Å². The highest BCUT2D eigenvalue weighted by molar-refractivity contribution is 5.80. The quantitative estimate of drug-likeness (QED) is 0.425. The van der Waals surface area contributed by atoms with E-state index in [0.29, 0.717) is 6.61 Å². The number of hydrogen-bond donors (Lipinski definition) is 2. The molecule has 1 aliphatic heterocycles. The maximum absolute atomic E-state index is 5.88. The minimum absolute atomic E-state index is 0.689. The number of benzene rings is 2. The minimum atomic E-state index is 0.689. The third-order valence-electron chi connectivity index (χ3n) is 5.62. The molecule has 7 nitrogen and oxygen atoms in total. The van der Waals surface area contributed by atoms with E-state index in [2.05, 4.69) is 49.3 Å². The highest BCUT2D eigenvalue weighted by Gasteiger charge is 2.09. The average molecular weight is 442 g/mol. The van der Waals surface area contributed by atoms with Gasteiger partial charge in [0.15, 0.2) is 0 Å². The highest BCUT2D eigenvalue weighted by Crippen LogP contribution is 2.16. The van der Waals surface area contributed by atoms with Crippen LogP contribution in [0.2, 0.25) is 0 Å². The summed E-state index contributed by atoms with van der Waals surface area (Å²) in [5.74, 6) is 0.890. The van der Waals surface area contributed by atoms with E-state index in [9.17, 15) is 0 Å². The Kier molecular flexibility index (Phi) is 6.61. The zero-order valence-electron chi connectivity index (χ0n) is 18.4. The van der Waals surface area contributed by atoms with Gasteiger partial charge in [-0.2, -0.15) is 5.10 Å². The predicted octanol–water partition coefficient (Wildman–Crippen LogP) is 4.34. The summed E-state index contributed by atoms with van der Waals surface area (Å²) in [6.45, 7) is 5.22. The average Bonchev–Trinajstić information content (AvgIpc) is 3.52. The number of ether oxygens (including phenoxy) is 2. The molecule has 2 aromatic carbocycles. The van der Waals surface area contributed by atoms with Gasteiger partial charge in [-0.05, 0) is 53.6 Å². The number of fused-ring (bicyclic) bond motifs is 1. The lowest BCUT2D eigenvalue weighted by molar-refractivity contribution is 0.0322. The molecular formula is C26H27N5O2. The number of nitrogens with zero attached hydrogens (tertiary/aromatic N) is 3. The molecule has 168 valence electrons. The summed E-state index contributed by atoms with van der Waals surface area (Å²) in [6.07, 6.45) is 9.83. The first-order chi connectivity index (χ1) is 16.3. The Bertz CT molecular complexity index is 1230. The second kappa shape index (κ2) is 10.3. The Hall–Kier alpha value is -3.68. The molecule has 0 radical (unpaired) electrons. The van der Waals surface area contributed by atoms with E-state index < -0.39 is 0 Å². The van der Waals surface area contributed by atoms with Crippen LogP contribution in [0, 0.1) is 0 Å². The fourth-order valence-corrected chi connectivity index (χ4v) is 3.74. The second-order valence-electron chi connectivity index (χ2n) is 7.97. The van der Waals surface area contributed by atoms with Gasteiger partial charge in [0, 0.05) is 19.6 Å². The van der Waals surface area contributed by atoms with E-state index in [0.717, 1.165) is 72.1 Å². The Morgan fingerprint density at radius 1 is 0.939 bits per heavy atom. The Morgan fingerprint density at radius 2 is 1.76 bits per heavy atom. The van der Waals surface area contributed by atoms with Crippen molar-refractivity contribution >= 4 is 35.3 Å². The summed E-state index contributed by atoms with van der Waals surface area (Å²) in [5.41, 5.74) is 6.02. The number of imidazole rings is 1. The van der Waals surface area contributed by atoms with E-state index in [1.807, 2.05) is 48.6 Å². The van der Waals surface area contributed by atoms with E-state index in [1.165, 1.54) is 0 Å². The fraction of sp³-hybridized carbons (Fsp3) is 0.231. The van der Waals surface area contributed by atoms with Crippen LogP contribution in [0.15, 0.2) is 54.9 Å².